The first-order valence-electron chi connectivity index (χ1n) is 6.63. The Morgan fingerprint density at radius 1 is 1.29 bits per heavy atom. The van der Waals surface area contributed by atoms with Gasteiger partial charge >= 0.3 is 0 Å². The Bertz CT molecular complexity index is 180. The van der Waals surface area contributed by atoms with Crippen molar-refractivity contribution in [1.29, 1.82) is 0 Å². The van der Waals surface area contributed by atoms with Crippen molar-refractivity contribution in [3.63, 3.8) is 0 Å². The van der Waals surface area contributed by atoms with Crippen LogP contribution in [-0.4, -0.2) is 37.4 Å². The Balaban J connectivity index is 3.59. The highest BCUT2D eigenvalue weighted by Crippen LogP contribution is 2.05. The summed E-state index contributed by atoms with van der Waals surface area (Å²) in [5.74, 6) is 0.0667. The minimum atomic E-state index is -0.0619. The first-order chi connectivity index (χ1) is 8.24. The zero-order valence-electron chi connectivity index (χ0n) is 11.2. The molecule has 1 atom stereocenters. The summed E-state index contributed by atoms with van der Waals surface area (Å²) in [4.78, 5) is 11.6. The molecule has 4 heteroatoms. The number of aliphatic hydroxyl groups is 1. The number of hydrogen-bond acceptors (Lipinski definition) is 3. The van der Waals surface area contributed by atoms with Crippen molar-refractivity contribution in [3.05, 3.63) is 0 Å². The summed E-state index contributed by atoms with van der Waals surface area (Å²) in [5, 5.41) is 11.7. The molecule has 0 saturated heterocycles. The van der Waals surface area contributed by atoms with Gasteiger partial charge in [0.15, 0.2) is 0 Å². The van der Waals surface area contributed by atoms with Crippen molar-refractivity contribution >= 4 is 5.91 Å². The molecule has 0 bridgehead atoms. The molecule has 0 heterocycles. The summed E-state index contributed by atoms with van der Waals surface area (Å²) in [6.45, 7) is 2.71. The lowest BCUT2D eigenvalue weighted by Gasteiger charge is -2.16. The van der Waals surface area contributed by atoms with Gasteiger partial charge in [-0.2, -0.15) is 0 Å². The van der Waals surface area contributed by atoms with E-state index in [0.717, 1.165) is 12.8 Å². The monoisotopic (exact) mass is 245 g/mol. The van der Waals surface area contributed by atoms with E-state index < -0.39 is 0 Å². The SMILES string of the molecule is CCCCCCCC(=O)NC(CCO)COC. The van der Waals surface area contributed by atoms with Crippen LogP contribution in [0.25, 0.3) is 0 Å². The number of ether oxygens (including phenoxy) is 1. The molecule has 0 aromatic heterocycles. The van der Waals surface area contributed by atoms with E-state index in [-0.39, 0.29) is 18.6 Å². The van der Waals surface area contributed by atoms with Crippen LogP contribution < -0.4 is 5.32 Å². The molecule has 0 aliphatic carbocycles. The van der Waals surface area contributed by atoms with Gasteiger partial charge in [-0.05, 0) is 12.8 Å². The molecule has 0 aromatic rings. The lowest BCUT2D eigenvalue weighted by Crippen LogP contribution is -2.38. The maximum absolute atomic E-state index is 11.6. The molecule has 0 aliphatic rings. The molecule has 0 radical (unpaired) electrons. The minimum Gasteiger partial charge on any atom is -0.396 e. The molecule has 102 valence electrons. The highest BCUT2D eigenvalue weighted by Gasteiger charge is 2.10. The third-order valence-electron chi connectivity index (χ3n) is 2.72. The van der Waals surface area contributed by atoms with Crippen LogP contribution in [0.1, 0.15) is 51.9 Å². The average Bonchev–Trinajstić information content (AvgIpc) is 2.29. The van der Waals surface area contributed by atoms with E-state index in [0.29, 0.717) is 19.4 Å². The zero-order chi connectivity index (χ0) is 12.9. The van der Waals surface area contributed by atoms with Crippen molar-refractivity contribution in [2.45, 2.75) is 57.9 Å². The fourth-order valence-corrected chi connectivity index (χ4v) is 1.74. The molecule has 17 heavy (non-hydrogen) atoms. The fourth-order valence-electron chi connectivity index (χ4n) is 1.74. The molecule has 0 rings (SSSR count). The molecule has 1 amide bonds. The number of aliphatic hydroxyl groups excluding tert-OH is 1. The summed E-state index contributed by atoms with van der Waals surface area (Å²) in [7, 11) is 1.60. The van der Waals surface area contributed by atoms with Gasteiger partial charge in [-0.3, -0.25) is 4.79 Å². The van der Waals surface area contributed by atoms with E-state index in [1.54, 1.807) is 7.11 Å². The van der Waals surface area contributed by atoms with Gasteiger partial charge in [0, 0.05) is 20.1 Å². The van der Waals surface area contributed by atoms with Crippen molar-refractivity contribution in [1.82, 2.24) is 5.32 Å². The Labute approximate surface area is 105 Å². The summed E-state index contributed by atoms with van der Waals surface area (Å²) < 4.78 is 4.99. The maximum atomic E-state index is 11.6. The zero-order valence-corrected chi connectivity index (χ0v) is 11.2. The van der Waals surface area contributed by atoms with Gasteiger partial charge in [0.05, 0.1) is 12.6 Å². The fraction of sp³-hybridized carbons (Fsp3) is 0.923. The van der Waals surface area contributed by atoms with Crippen LogP contribution in [0.2, 0.25) is 0 Å². The number of carbonyl (C=O) groups is 1. The number of methoxy groups -OCH3 is 1. The van der Waals surface area contributed by atoms with Gasteiger partial charge in [-0.1, -0.05) is 32.6 Å². The van der Waals surface area contributed by atoms with Crippen LogP contribution in [0.5, 0.6) is 0 Å². The summed E-state index contributed by atoms with van der Waals surface area (Å²) in [5.41, 5.74) is 0. The first kappa shape index (κ1) is 16.4. The van der Waals surface area contributed by atoms with Crippen molar-refractivity contribution in [3.8, 4) is 0 Å². The van der Waals surface area contributed by atoms with Crippen LogP contribution in [-0.2, 0) is 9.53 Å². The van der Waals surface area contributed by atoms with Gasteiger partial charge in [0.2, 0.25) is 5.91 Å². The van der Waals surface area contributed by atoms with E-state index in [1.807, 2.05) is 0 Å². The predicted molar refractivity (Wildman–Crippen MR) is 68.9 cm³/mol. The molecule has 0 aliphatic heterocycles. The van der Waals surface area contributed by atoms with E-state index >= 15 is 0 Å². The number of unbranched alkanes of at least 4 members (excludes halogenated alkanes) is 4. The third kappa shape index (κ3) is 10.3. The Morgan fingerprint density at radius 3 is 2.59 bits per heavy atom. The highest BCUT2D eigenvalue weighted by molar-refractivity contribution is 5.76. The number of nitrogens with one attached hydrogen (secondary N) is 1. The predicted octanol–water partition coefficient (Wildman–Crippen LogP) is 1.86. The number of rotatable bonds is 11. The summed E-state index contributed by atoms with van der Waals surface area (Å²) in [6, 6.07) is -0.0619. The standard InChI is InChI=1S/C13H27NO3/c1-3-4-5-6-7-8-13(16)14-12(9-10-15)11-17-2/h12,15H,3-11H2,1-2H3,(H,14,16). The summed E-state index contributed by atoms with van der Waals surface area (Å²) >= 11 is 0. The van der Waals surface area contributed by atoms with E-state index in [9.17, 15) is 4.79 Å². The van der Waals surface area contributed by atoms with Gasteiger partial charge in [0.1, 0.15) is 0 Å². The largest absolute Gasteiger partial charge is 0.396 e. The smallest absolute Gasteiger partial charge is 0.220 e. The number of amides is 1. The molecule has 2 N–H and O–H groups in total. The van der Waals surface area contributed by atoms with Crippen LogP contribution in [0.15, 0.2) is 0 Å². The van der Waals surface area contributed by atoms with Gasteiger partial charge in [-0.15, -0.1) is 0 Å². The Kier molecular flexibility index (Phi) is 11.4. The van der Waals surface area contributed by atoms with Gasteiger partial charge in [0.25, 0.3) is 0 Å². The number of carbonyl (C=O) groups excluding carboxylic acids is 1. The lowest BCUT2D eigenvalue weighted by molar-refractivity contribution is -0.122. The second-order valence-electron chi connectivity index (χ2n) is 4.40. The highest BCUT2D eigenvalue weighted by atomic mass is 16.5. The normalized spacial score (nSPS) is 12.4. The second kappa shape index (κ2) is 11.9. The van der Waals surface area contributed by atoms with Crippen molar-refractivity contribution < 1.29 is 14.6 Å². The Hall–Kier alpha value is -0.610. The summed E-state index contributed by atoms with van der Waals surface area (Å²) in [6.07, 6.45) is 6.88. The lowest BCUT2D eigenvalue weighted by atomic mass is 10.1. The molecule has 0 saturated carbocycles. The van der Waals surface area contributed by atoms with Gasteiger partial charge in [-0.25, -0.2) is 0 Å². The van der Waals surface area contributed by atoms with E-state index in [4.69, 9.17) is 9.84 Å². The van der Waals surface area contributed by atoms with Crippen LogP contribution >= 0.6 is 0 Å². The van der Waals surface area contributed by atoms with E-state index in [2.05, 4.69) is 12.2 Å². The van der Waals surface area contributed by atoms with Crippen molar-refractivity contribution in [2.24, 2.45) is 0 Å². The van der Waals surface area contributed by atoms with Crippen molar-refractivity contribution in [2.75, 3.05) is 20.3 Å². The molecule has 0 spiro atoms. The molecular weight excluding hydrogens is 218 g/mol. The Morgan fingerprint density at radius 2 is 2.00 bits per heavy atom. The van der Waals surface area contributed by atoms with Crippen LogP contribution in [0, 0.1) is 0 Å². The quantitative estimate of drug-likeness (QED) is 0.546. The van der Waals surface area contributed by atoms with Crippen LogP contribution in [0.3, 0.4) is 0 Å². The first-order valence-corrected chi connectivity index (χ1v) is 6.63. The average molecular weight is 245 g/mol. The molecule has 0 fully saturated rings. The molecule has 0 aromatic carbocycles. The maximum Gasteiger partial charge on any atom is 0.220 e. The molecule has 1 unspecified atom stereocenters. The van der Waals surface area contributed by atoms with Gasteiger partial charge < -0.3 is 15.2 Å². The number of hydrogen-bond donors (Lipinski definition) is 2. The van der Waals surface area contributed by atoms with E-state index in [1.165, 1.54) is 19.3 Å². The van der Waals surface area contributed by atoms with Crippen LogP contribution in [0.4, 0.5) is 0 Å². The minimum absolute atomic E-state index is 0.0619. The third-order valence-corrected chi connectivity index (χ3v) is 2.72. The second-order valence-corrected chi connectivity index (χ2v) is 4.40. The molecular formula is C13H27NO3. The topological polar surface area (TPSA) is 58.6 Å². The molecule has 4 nitrogen and oxygen atoms in total.